The Hall–Kier alpha value is -2.84. The molecular formula is C23H23F3N2O3. The first-order valence-electron chi connectivity index (χ1n) is 10.1. The summed E-state index contributed by atoms with van der Waals surface area (Å²) < 4.78 is 41.8. The van der Waals surface area contributed by atoms with Crippen molar-refractivity contribution >= 4 is 16.8 Å². The first-order chi connectivity index (χ1) is 14.7. The molecule has 1 aromatic heterocycles. The van der Waals surface area contributed by atoms with E-state index in [2.05, 4.69) is 10.3 Å². The molecule has 1 fully saturated rings. The molecule has 164 valence electrons. The standard InChI is InChI=1S/C23H23F3N2O3/c1-23(31,11-29)10-27-22(30)14-6-13(7-14)19-17-8-16(25)9-18(26)21(17)28-20(19)12-2-4-15(24)5-3-12/h2-5,8-9,13-14,28-29,31H,6-7,10-11H2,1H3,(H,27,30)/t13-,14-,23?. The van der Waals surface area contributed by atoms with Gasteiger partial charge in [0.2, 0.25) is 5.91 Å². The van der Waals surface area contributed by atoms with Crippen molar-refractivity contribution in [2.45, 2.75) is 31.3 Å². The van der Waals surface area contributed by atoms with Crippen molar-refractivity contribution in [2.75, 3.05) is 13.2 Å². The number of aliphatic hydroxyl groups excluding tert-OH is 1. The maximum Gasteiger partial charge on any atom is 0.223 e. The van der Waals surface area contributed by atoms with Crippen LogP contribution in [0.2, 0.25) is 0 Å². The van der Waals surface area contributed by atoms with Crippen LogP contribution in [0.1, 0.15) is 31.2 Å². The summed E-state index contributed by atoms with van der Waals surface area (Å²) in [6.45, 7) is 0.864. The van der Waals surface area contributed by atoms with Crippen molar-refractivity contribution in [3.63, 3.8) is 0 Å². The van der Waals surface area contributed by atoms with Crippen LogP contribution in [0.25, 0.3) is 22.2 Å². The third kappa shape index (κ3) is 4.18. The van der Waals surface area contributed by atoms with Gasteiger partial charge in [0.25, 0.3) is 0 Å². The highest BCUT2D eigenvalue weighted by molar-refractivity contribution is 5.92. The average Bonchev–Trinajstić information content (AvgIpc) is 3.05. The number of amides is 1. The van der Waals surface area contributed by atoms with Gasteiger partial charge in [0.15, 0.2) is 0 Å². The van der Waals surface area contributed by atoms with Crippen molar-refractivity contribution in [3.05, 3.63) is 59.4 Å². The maximum atomic E-state index is 14.4. The van der Waals surface area contributed by atoms with Crippen molar-refractivity contribution in [2.24, 2.45) is 5.92 Å². The Balaban J connectivity index is 1.62. The summed E-state index contributed by atoms with van der Waals surface area (Å²) >= 11 is 0. The molecule has 0 bridgehead atoms. The van der Waals surface area contributed by atoms with E-state index in [9.17, 15) is 23.1 Å². The van der Waals surface area contributed by atoms with E-state index in [1.807, 2.05) is 0 Å². The predicted molar refractivity (Wildman–Crippen MR) is 110 cm³/mol. The second-order valence-electron chi connectivity index (χ2n) is 8.47. The summed E-state index contributed by atoms with van der Waals surface area (Å²) in [7, 11) is 0. The van der Waals surface area contributed by atoms with Crippen LogP contribution < -0.4 is 5.32 Å². The summed E-state index contributed by atoms with van der Waals surface area (Å²) in [5.74, 6) is -2.50. The Labute approximate surface area is 176 Å². The number of aromatic amines is 1. The summed E-state index contributed by atoms with van der Waals surface area (Å²) in [6, 6.07) is 7.80. The van der Waals surface area contributed by atoms with Gasteiger partial charge in [-0.2, -0.15) is 0 Å². The Kier molecular flexibility index (Phi) is 5.53. The third-order valence-electron chi connectivity index (χ3n) is 5.90. The zero-order chi connectivity index (χ0) is 22.3. The van der Waals surface area contributed by atoms with Gasteiger partial charge in [-0.3, -0.25) is 4.79 Å². The number of hydrogen-bond acceptors (Lipinski definition) is 3. The van der Waals surface area contributed by atoms with E-state index in [0.717, 1.165) is 6.07 Å². The number of rotatable bonds is 6. The molecule has 4 N–H and O–H groups in total. The third-order valence-corrected chi connectivity index (χ3v) is 5.90. The molecule has 1 unspecified atom stereocenters. The van der Waals surface area contributed by atoms with E-state index >= 15 is 0 Å². The van der Waals surface area contributed by atoms with Crippen molar-refractivity contribution in [1.82, 2.24) is 10.3 Å². The number of H-pyrrole nitrogens is 1. The first-order valence-corrected chi connectivity index (χ1v) is 10.1. The number of aliphatic hydroxyl groups is 2. The summed E-state index contributed by atoms with van der Waals surface area (Å²) in [5, 5.41) is 22.0. The van der Waals surface area contributed by atoms with Crippen LogP contribution in [0, 0.1) is 23.4 Å². The minimum Gasteiger partial charge on any atom is -0.393 e. The van der Waals surface area contributed by atoms with Crippen LogP contribution in [0.5, 0.6) is 0 Å². The van der Waals surface area contributed by atoms with Gasteiger partial charge in [-0.15, -0.1) is 0 Å². The molecule has 0 saturated heterocycles. The Bertz CT molecular complexity index is 1120. The van der Waals surface area contributed by atoms with Crippen LogP contribution in [0.4, 0.5) is 13.2 Å². The normalized spacial score (nSPS) is 20.3. The number of benzene rings is 2. The lowest BCUT2D eigenvalue weighted by Crippen LogP contribution is -2.46. The van der Waals surface area contributed by atoms with Gasteiger partial charge in [0.1, 0.15) is 23.1 Å². The minimum atomic E-state index is -1.40. The Morgan fingerprint density at radius 1 is 1.16 bits per heavy atom. The molecule has 3 aromatic rings. The SMILES string of the molecule is CC(O)(CO)CNC(=O)[C@H]1C[C@H](c2c(-c3ccc(F)cc3)[nH]c3c(F)cc(F)cc32)C1. The fourth-order valence-corrected chi connectivity index (χ4v) is 4.05. The van der Waals surface area contributed by atoms with Crippen LogP contribution >= 0.6 is 0 Å². The van der Waals surface area contributed by atoms with Gasteiger partial charge >= 0.3 is 0 Å². The molecule has 4 rings (SSSR count). The molecule has 8 heteroatoms. The number of carbonyl (C=O) groups is 1. The van der Waals surface area contributed by atoms with Gasteiger partial charge in [0, 0.05) is 23.9 Å². The highest BCUT2D eigenvalue weighted by atomic mass is 19.1. The summed E-state index contributed by atoms with van der Waals surface area (Å²) in [4.78, 5) is 15.4. The maximum absolute atomic E-state index is 14.4. The molecule has 1 atom stereocenters. The first kappa shape index (κ1) is 21.4. The van der Waals surface area contributed by atoms with E-state index < -0.39 is 29.7 Å². The van der Waals surface area contributed by atoms with Crippen molar-refractivity contribution in [1.29, 1.82) is 0 Å². The van der Waals surface area contributed by atoms with Gasteiger partial charge in [0.05, 0.1) is 17.8 Å². The molecule has 1 amide bonds. The van der Waals surface area contributed by atoms with Gasteiger partial charge < -0.3 is 20.5 Å². The van der Waals surface area contributed by atoms with E-state index in [4.69, 9.17) is 5.11 Å². The predicted octanol–water partition coefficient (Wildman–Crippen LogP) is 3.61. The molecule has 0 spiro atoms. The fourth-order valence-electron chi connectivity index (χ4n) is 4.05. The lowest BCUT2D eigenvalue weighted by atomic mass is 9.70. The summed E-state index contributed by atoms with van der Waals surface area (Å²) in [5.41, 5.74) is 0.681. The van der Waals surface area contributed by atoms with Crippen LogP contribution in [0.15, 0.2) is 36.4 Å². The highest BCUT2D eigenvalue weighted by Crippen LogP contribution is 2.48. The molecule has 0 aliphatic heterocycles. The summed E-state index contributed by atoms with van der Waals surface area (Å²) in [6.07, 6.45) is 0.929. The lowest BCUT2D eigenvalue weighted by Gasteiger charge is -2.35. The topological polar surface area (TPSA) is 85.3 Å². The largest absolute Gasteiger partial charge is 0.393 e. The molecule has 31 heavy (non-hydrogen) atoms. The second kappa shape index (κ2) is 8.01. The van der Waals surface area contributed by atoms with E-state index in [1.54, 1.807) is 12.1 Å². The van der Waals surface area contributed by atoms with Crippen molar-refractivity contribution in [3.8, 4) is 11.3 Å². The molecule has 1 aliphatic rings. The van der Waals surface area contributed by atoms with Crippen molar-refractivity contribution < 1.29 is 28.2 Å². The molecule has 0 radical (unpaired) electrons. The van der Waals surface area contributed by atoms with E-state index in [0.29, 0.717) is 35.0 Å². The number of fused-ring (bicyclic) bond motifs is 1. The zero-order valence-corrected chi connectivity index (χ0v) is 16.9. The number of aromatic nitrogens is 1. The van der Waals surface area contributed by atoms with Gasteiger partial charge in [-0.1, -0.05) is 0 Å². The average molecular weight is 432 g/mol. The van der Waals surface area contributed by atoms with Gasteiger partial charge in [-0.05, 0) is 67.1 Å². The molecule has 1 saturated carbocycles. The molecule has 2 aromatic carbocycles. The number of nitrogens with one attached hydrogen (secondary N) is 2. The fraction of sp³-hybridized carbons (Fsp3) is 0.348. The molecule has 1 heterocycles. The van der Waals surface area contributed by atoms with Crippen LogP contribution in [0.3, 0.4) is 0 Å². The minimum absolute atomic E-state index is 0.0756. The second-order valence-corrected chi connectivity index (χ2v) is 8.47. The van der Waals surface area contributed by atoms with E-state index in [-0.39, 0.29) is 29.8 Å². The zero-order valence-electron chi connectivity index (χ0n) is 16.9. The highest BCUT2D eigenvalue weighted by Gasteiger charge is 2.39. The van der Waals surface area contributed by atoms with E-state index in [1.165, 1.54) is 25.1 Å². The quantitative estimate of drug-likeness (QED) is 0.480. The smallest absolute Gasteiger partial charge is 0.223 e. The molecule has 1 aliphatic carbocycles. The number of halogens is 3. The Morgan fingerprint density at radius 3 is 2.48 bits per heavy atom. The van der Waals surface area contributed by atoms with Gasteiger partial charge in [-0.25, -0.2) is 13.2 Å². The number of carbonyl (C=O) groups excluding carboxylic acids is 1. The monoisotopic (exact) mass is 432 g/mol. The lowest BCUT2D eigenvalue weighted by molar-refractivity contribution is -0.129. The van der Waals surface area contributed by atoms with Crippen LogP contribution in [-0.2, 0) is 4.79 Å². The Morgan fingerprint density at radius 2 is 1.84 bits per heavy atom. The molecule has 5 nitrogen and oxygen atoms in total. The number of hydrogen-bond donors (Lipinski definition) is 4. The van der Waals surface area contributed by atoms with Crippen LogP contribution in [-0.4, -0.2) is 39.9 Å². The molecular weight excluding hydrogens is 409 g/mol.